The van der Waals surface area contributed by atoms with Crippen LogP contribution in [0.4, 0.5) is 0 Å². The van der Waals surface area contributed by atoms with E-state index in [-0.39, 0.29) is 12.0 Å². The molecule has 1 amide bonds. The van der Waals surface area contributed by atoms with Crippen molar-refractivity contribution in [1.29, 1.82) is 0 Å². The number of rotatable bonds is 6. The minimum absolute atomic E-state index is 0.0942. The Balaban J connectivity index is 2.00. The SMILES string of the molecule is C=C(C)CSCC(=O)NC[C@H]1CCCO1. The first-order valence-corrected chi connectivity index (χ1v) is 6.44. The molecule has 1 fully saturated rings. The van der Waals surface area contributed by atoms with Crippen LogP contribution in [-0.2, 0) is 9.53 Å². The van der Waals surface area contributed by atoms with E-state index in [2.05, 4.69) is 11.9 Å². The third-order valence-corrected chi connectivity index (χ3v) is 3.30. The first-order valence-electron chi connectivity index (χ1n) is 5.29. The van der Waals surface area contributed by atoms with Crippen molar-refractivity contribution in [3.63, 3.8) is 0 Å². The predicted octanol–water partition coefficient (Wildman–Crippen LogP) is 1.59. The van der Waals surface area contributed by atoms with Gasteiger partial charge < -0.3 is 10.1 Å². The lowest BCUT2D eigenvalue weighted by molar-refractivity contribution is -0.119. The Morgan fingerprint density at radius 1 is 1.60 bits per heavy atom. The van der Waals surface area contributed by atoms with E-state index >= 15 is 0 Å². The largest absolute Gasteiger partial charge is 0.376 e. The van der Waals surface area contributed by atoms with E-state index in [1.165, 1.54) is 0 Å². The lowest BCUT2D eigenvalue weighted by atomic mass is 10.2. The molecule has 4 heteroatoms. The summed E-state index contributed by atoms with van der Waals surface area (Å²) >= 11 is 1.60. The highest BCUT2D eigenvalue weighted by Crippen LogP contribution is 2.10. The molecule has 1 saturated heterocycles. The molecule has 1 N–H and O–H groups in total. The number of amides is 1. The van der Waals surface area contributed by atoms with Crippen molar-refractivity contribution in [2.75, 3.05) is 24.7 Å². The molecule has 0 bridgehead atoms. The van der Waals surface area contributed by atoms with Crippen LogP contribution in [0.3, 0.4) is 0 Å². The van der Waals surface area contributed by atoms with Gasteiger partial charge in [-0.2, -0.15) is 0 Å². The first kappa shape index (κ1) is 12.6. The number of carbonyl (C=O) groups is 1. The van der Waals surface area contributed by atoms with Gasteiger partial charge in [0.05, 0.1) is 11.9 Å². The number of ether oxygens (including phenoxy) is 1. The molecule has 1 aliphatic rings. The summed E-state index contributed by atoms with van der Waals surface area (Å²) in [6.45, 7) is 7.26. The second-order valence-electron chi connectivity index (χ2n) is 3.89. The Kier molecular flexibility index (Phi) is 5.79. The second-order valence-corrected chi connectivity index (χ2v) is 4.87. The fourth-order valence-corrected chi connectivity index (χ4v) is 2.14. The summed E-state index contributed by atoms with van der Waals surface area (Å²) in [5.74, 6) is 1.46. The zero-order valence-corrected chi connectivity index (χ0v) is 10.1. The highest BCUT2D eigenvalue weighted by atomic mass is 32.2. The summed E-state index contributed by atoms with van der Waals surface area (Å²) in [6, 6.07) is 0. The van der Waals surface area contributed by atoms with Crippen LogP contribution in [0.5, 0.6) is 0 Å². The lowest BCUT2D eigenvalue weighted by Crippen LogP contribution is -2.32. The minimum atomic E-state index is 0.0942. The van der Waals surface area contributed by atoms with Crippen molar-refractivity contribution in [2.45, 2.75) is 25.9 Å². The molecule has 0 radical (unpaired) electrons. The van der Waals surface area contributed by atoms with Gasteiger partial charge in [0.1, 0.15) is 0 Å². The predicted molar refractivity (Wildman–Crippen MR) is 64.1 cm³/mol. The molecule has 0 spiro atoms. The fraction of sp³-hybridized carbons (Fsp3) is 0.727. The molecule has 0 unspecified atom stereocenters. The Bertz CT molecular complexity index is 225. The van der Waals surface area contributed by atoms with E-state index < -0.39 is 0 Å². The van der Waals surface area contributed by atoms with Gasteiger partial charge in [0.25, 0.3) is 0 Å². The van der Waals surface area contributed by atoms with Gasteiger partial charge in [-0.25, -0.2) is 0 Å². The maximum Gasteiger partial charge on any atom is 0.230 e. The highest BCUT2D eigenvalue weighted by molar-refractivity contribution is 8.00. The van der Waals surface area contributed by atoms with Crippen LogP contribution in [0, 0.1) is 0 Å². The van der Waals surface area contributed by atoms with Crippen LogP contribution in [0.25, 0.3) is 0 Å². The number of thioether (sulfide) groups is 1. The van der Waals surface area contributed by atoms with E-state index in [0.717, 1.165) is 30.8 Å². The number of hydrogen-bond donors (Lipinski definition) is 1. The van der Waals surface area contributed by atoms with Crippen LogP contribution < -0.4 is 5.32 Å². The fourth-order valence-electron chi connectivity index (χ4n) is 1.40. The Hall–Kier alpha value is -0.480. The standard InChI is InChI=1S/C11H19NO2S/c1-9(2)7-15-8-11(13)12-6-10-4-3-5-14-10/h10H,1,3-8H2,2H3,(H,12,13)/t10-/m1/s1. The summed E-state index contributed by atoms with van der Waals surface area (Å²) in [4.78, 5) is 11.4. The molecule has 1 atom stereocenters. The zero-order valence-electron chi connectivity index (χ0n) is 9.25. The average Bonchev–Trinajstić information content (AvgIpc) is 2.66. The topological polar surface area (TPSA) is 38.3 Å². The number of nitrogens with one attached hydrogen (secondary N) is 1. The van der Waals surface area contributed by atoms with Crippen molar-refractivity contribution >= 4 is 17.7 Å². The smallest absolute Gasteiger partial charge is 0.230 e. The van der Waals surface area contributed by atoms with Crippen molar-refractivity contribution in [2.24, 2.45) is 0 Å². The van der Waals surface area contributed by atoms with Gasteiger partial charge in [0.15, 0.2) is 0 Å². The molecular formula is C11H19NO2S. The zero-order chi connectivity index (χ0) is 11.1. The van der Waals surface area contributed by atoms with Gasteiger partial charge >= 0.3 is 0 Å². The molecule has 15 heavy (non-hydrogen) atoms. The molecule has 0 aromatic rings. The van der Waals surface area contributed by atoms with Gasteiger partial charge in [0, 0.05) is 18.9 Å². The van der Waals surface area contributed by atoms with Crippen LogP contribution in [0.1, 0.15) is 19.8 Å². The molecule has 0 aromatic heterocycles. The third kappa shape index (κ3) is 5.85. The summed E-state index contributed by atoms with van der Waals surface area (Å²) in [7, 11) is 0. The van der Waals surface area contributed by atoms with Crippen molar-refractivity contribution < 1.29 is 9.53 Å². The van der Waals surface area contributed by atoms with E-state index in [1.807, 2.05) is 6.92 Å². The molecule has 1 rings (SSSR count). The summed E-state index contributed by atoms with van der Waals surface area (Å²) in [5.41, 5.74) is 1.10. The van der Waals surface area contributed by atoms with Gasteiger partial charge in [-0.05, 0) is 19.8 Å². The van der Waals surface area contributed by atoms with E-state index in [1.54, 1.807) is 11.8 Å². The molecular weight excluding hydrogens is 210 g/mol. The van der Waals surface area contributed by atoms with Crippen molar-refractivity contribution in [3.8, 4) is 0 Å². The molecule has 86 valence electrons. The van der Waals surface area contributed by atoms with E-state index in [4.69, 9.17) is 4.74 Å². The number of hydrogen-bond acceptors (Lipinski definition) is 3. The Morgan fingerprint density at radius 2 is 2.40 bits per heavy atom. The van der Waals surface area contributed by atoms with E-state index in [0.29, 0.717) is 12.3 Å². The third-order valence-electron chi connectivity index (χ3n) is 2.13. The highest BCUT2D eigenvalue weighted by Gasteiger charge is 2.15. The molecule has 3 nitrogen and oxygen atoms in total. The maximum absolute atomic E-state index is 11.4. The van der Waals surface area contributed by atoms with Crippen molar-refractivity contribution in [3.05, 3.63) is 12.2 Å². The molecule has 1 aliphatic heterocycles. The quantitative estimate of drug-likeness (QED) is 0.703. The second kappa shape index (κ2) is 6.90. The van der Waals surface area contributed by atoms with E-state index in [9.17, 15) is 4.79 Å². The summed E-state index contributed by atoms with van der Waals surface area (Å²) < 4.78 is 5.41. The first-order chi connectivity index (χ1) is 7.18. The van der Waals surface area contributed by atoms with Gasteiger partial charge in [-0.15, -0.1) is 11.8 Å². The maximum atomic E-state index is 11.4. The monoisotopic (exact) mass is 229 g/mol. The van der Waals surface area contributed by atoms with Crippen LogP contribution in [-0.4, -0.2) is 36.7 Å². The molecule has 0 aromatic carbocycles. The van der Waals surface area contributed by atoms with Crippen molar-refractivity contribution in [1.82, 2.24) is 5.32 Å². The lowest BCUT2D eigenvalue weighted by Gasteiger charge is -2.10. The average molecular weight is 229 g/mol. The molecule has 0 saturated carbocycles. The van der Waals surface area contributed by atoms with Crippen LogP contribution in [0.2, 0.25) is 0 Å². The summed E-state index contributed by atoms with van der Waals surface area (Å²) in [6.07, 6.45) is 2.42. The Labute approximate surface area is 95.6 Å². The molecule has 1 heterocycles. The van der Waals surface area contributed by atoms with Crippen LogP contribution >= 0.6 is 11.8 Å². The Morgan fingerprint density at radius 3 is 3.00 bits per heavy atom. The minimum Gasteiger partial charge on any atom is -0.376 e. The van der Waals surface area contributed by atoms with Gasteiger partial charge in [-0.3, -0.25) is 4.79 Å². The van der Waals surface area contributed by atoms with Gasteiger partial charge in [-0.1, -0.05) is 12.2 Å². The normalized spacial score (nSPS) is 20.2. The molecule has 0 aliphatic carbocycles. The summed E-state index contributed by atoms with van der Waals surface area (Å²) in [5, 5.41) is 2.88. The van der Waals surface area contributed by atoms with Crippen LogP contribution in [0.15, 0.2) is 12.2 Å². The number of carbonyl (C=O) groups excluding carboxylic acids is 1. The van der Waals surface area contributed by atoms with Gasteiger partial charge in [0.2, 0.25) is 5.91 Å².